The molecule has 0 unspecified atom stereocenters. The lowest BCUT2D eigenvalue weighted by atomic mass is 9.73. The minimum absolute atomic E-state index is 0.519. The molecule has 0 radical (unpaired) electrons. The third-order valence-electron chi connectivity index (χ3n) is 3.87. The fourth-order valence-electron chi connectivity index (χ4n) is 2.48. The van der Waals surface area contributed by atoms with Crippen molar-refractivity contribution in [2.24, 2.45) is 11.3 Å². The van der Waals surface area contributed by atoms with E-state index in [-0.39, 0.29) is 0 Å². The predicted octanol–water partition coefficient (Wildman–Crippen LogP) is 3.59. The van der Waals surface area contributed by atoms with E-state index in [0.717, 1.165) is 12.0 Å². The van der Waals surface area contributed by atoms with E-state index in [1.807, 2.05) is 0 Å². The molecule has 1 aliphatic rings. The maximum absolute atomic E-state index is 3.62. The molecule has 14 heavy (non-hydrogen) atoms. The predicted molar refractivity (Wildman–Crippen MR) is 63.5 cm³/mol. The van der Waals surface area contributed by atoms with Crippen molar-refractivity contribution in [3.05, 3.63) is 0 Å². The van der Waals surface area contributed by atoms with Crippen molar-refractivity contribution in [3.63, 3.8) is 0 Å². The Morgan fingerprint density at radius 2 is 1.79 bits per heavy atom. The summed E-state index contributed by atoms with van der Waals surface area (Å²) in [5.41, 5.74) is 0.519. The Morgan fingerprint density at radius 1 is 1.21 bits per heavy atom. The maximum atomic E-state index is 3.62. The van der Waals surface area contributed by atoms with Crippen molar-refractivity contribution in [1.29, 1.82) is 0 Å². The molecule has 1 saturated carbocycles. The zero-order chi connectivity index (χ0) is 10.6. The number of rotatable bonds is 7. The fraction of sp³-hybridized carbons (Fsp3) is 1.00. The smallest absolute Gasteiger partial charge is 0.00682 e. The lowest BCUT2D eigenvalue weighted by Crippen LogP contribution is -2.29. The van der Waals surface area contributed by atoms with Gasteiger partial charge in [0.2, 0.25) is 0 Å². The van der Waals surface area contributed by atoms with Gasteiger partial charge in [-0.1, -0.05) is 40.5 Å². The second kappa shape index (κ2) is 5.16. The van der Waals surface area contributed by atoms with Gasteiger partial charge in [-0.15, -0.1) is 0 Å². The summed E-state index contributed by atoms with van der Waals surface area (Å²) >= 11 is 0. The van der Waals surface area contributed by atoms with Crippen molar-refractivity contribution >= 4 is 0 Å². The van der Waals surface area contributed by atoms with Crippen LogP contribution in [-0.4, -0.2) is 12.6 Å². The molecule has 0 aliphatic heterocycles. The monoisotopic (exact) mass is 197 g/mol. The van der Waals surface area contributed by atoms with Crippen LogP contribution in [0.2, 0.25) is 0 Å². The summed E-state index contributed by atoms with van der Waals surface area (Å²) < 4.78 is 0. The van der Waals surface area contributed by atoms with Crippen LogP contribution in [-0.2, 0) is 0 Å². The van der Waals surface area contributed by atoms with Gasteiger partial charge in [0.25, 0.3) is 0 Å². The minimum atomic E-state index is 0.519. The van der Waals surface area contributed by atoms with Gasteiger partial charge in [0.15, 0.2) is 0 Å². The Labute approximate surface area is 89.7 Å². The van der Waals surface area contributed by atoms with Crippen molar-refractivity contribution in [1.82, 2.24) is 5.32 Å². The van der Waals surface area contributed by atoms with Gasteiger partial charge in [-0.25, -0.2) is 0 Å². The molecule has 0 atom stereocenters. The van der Waals surface area contributed by atoms with Gasteiger partial charge in [0, 0.05) is 6.04 Å². The molecule has 1 heteroatoms. The molecule has 0 heterocycles. The van der Waals surface area contributed by atoms with Gasteiger partial charge in [-0.3, -0.25) is 0 Å². The van der Waals surface area contributed by atoms with Crippen LogP contribution in [0.25, 0.3) is 0 Å². The lowest BCUT2D eigenvalue weighted by molar-refractivity contribution is 0.181. The molecule has 0 aromatic carbocycles. The van der Waals surface area contributed by atoms with Crippen molar-refractivity contribution < 1.29 is 0 Å². The van der Waals surface area contributed by atoms with Gasteiger partial charge in [0.05, 0.1) is 0 Å². The molecule has 0 saturated heterocycles. The van der Waals surface area contributed by atoms with E-state index < -0.39 is 0 Å². The van der Waals surface area contributed by atoms with Crippen molar-refractivity contribution in [2.75, 3.05) is 6.54 Å². The zero-order valence-corrected chi connectivity index (χ0v) is 10.4. The normalized spacial score (nSPS) is 17.8. The molecule has 1 fully saturated rings. The van der Waals surface area contributed by atoms with E-state index in [2.05, 4.69) is 33.0 Å². The van der Waals surface area contributed by atoms with E-state index in [1.165, 1.54) is 38.6 Å². The van der Waals surface area contributed by atoms with Crippen LogP contribution < -0.4 is 5.32 Å². The van der Waals surface area contributed by atoms with Crippen LogP contribution >= 0.6 is 0 Å². The van der Waals surface area contributed by atoms with E-state index in [0.29, 0.717) is 5.41 Å². The van der Waals surface area contributed by atoms with Crippen LogP contribution in [0.1, 0.15) is 59.8 Å². The fourth-order valence-corrected chi connectivity index (χ4v) is 2.48. The molecule has 0 amide bonds. The molecular formula is C13H27N. The molecule has 0 bridgehead atoms. The first-order valence-corrected chi connectivity index (χ1v) is 6.33. The topological polar surface area (TPSA) is 12.0 Å². The Hall–Kier alpha value is -0.0400. The van der Waals surface area contributed by atoms with Crippen LogP contribution in [0.15, 0.2) is 0 Å². The third-order valence-corrected chi connectivity index (χ3v) is 3.87. The molecule has 1 rings (SSSR count). The highest BCUT2D eigenvalue weighted by atomic mass is 14.9. The highest BCUT2D eigenvalue weighted by Crippen LogP contribution is 2.35. The second-order valence-corrected chi connectivity index (χ2v) is 5.48. The lowest BCUT2D eigenvalue weighted by Gasteiger charge is -2.33. The number of nitrogens with one attached hydrogen (secondary N) is 1. The minimum Gasteiger partial charge on any atom is -0.314 e. The van der Waals surface area contributed by atoms with E-state index in [1.54, 1.807) is 0 Å². The van der Waals surface area contributed by atoms with Gasteiger partial charge in [-0.05, 0) is 37.1 Å². The molecule has 0 aromatic heterocycles. The first-order chi connectivity index (χ1) is 6.60. The first kappa shape index (κ1) is 12.0. The molecule has 84 valence electrons. The van der Waals surface area contributed by atoms with Crippen LogP contribution in [0.4, 0.5) is 0 Å². The second-order valence-electron chi connectivity index (χ2n) is 5.48. The number of hydrogen-bond acceptors (Lipinski definition) is 1. The summed E-state index contributed by atoms with van der Waals surface area (Å²) in [4.78, 5) is 0. The van der Waals surface area contributed by atoms with Crippen LogP contribution in [0, 0.1) is 11.3 Å². The molecule has 1 nitrogen and oxygen atoms in total. The molecular weight excluding hydrogens is 170 g/mol. The zero-order valence-electron chi connectivity index (χ0n) is 10.4. The summed E-state index contributed by atoms with van der Waals surface area (Å²) in [5, 5.41) is 3.62. The summed E-state index contributed by atoms with van der Waals surface area (Å²) in [6.07, 6.45) is 6.80. The molecule has 1 N–H and O–H groups in total. The van der Waals surface area contributed by atoms with Gasteiger partial charge < -0.3 is 5.32 Å². The summed E-state index contributed by atoms with van der Waals surface area (Å²) in [5.74, 6) is 0.892. The largest absolute Gasteiger partial charge is 0.314 e. The molecule has 0 aromatic rings. The highest BCUT2D eigenvalue weighted by molar-refractivity contribution is 4.83. The van der Waals surface area contributed by atoms with Gasteiger partial charge in [-0.2, -0.15) is 0 Å². The van der Waals surface area contributed by atoms with E-state index in [9.17, 15) is 0 Å². The third kappa shape index (κ3) is 3.61. The Bertz CT molecular complexity index is 155. The van der Waals surface area contributed by atoms with E-state index >= 15 is 0 Å². The van der Waals surface area contributed by atoms with Crippen LogP contribution in [0.3, 0.4) is 0 Å². The van der Waals surface area contributed by atoms with Crippen molar-refractivity contribution in [3.8, 4) is 0 Å². The Kier molecular flexibility index (Phi) is 4.43. The quantitative estimate of drug-likeness (QED) is 0.657. The van der Waals surface area contributed by atoms with Crippen LogP contribution in [0.5, 0.6) is 0 Å². The standard InChI is InChI=1S/C13H27N/c1-5-11(6-2)13(3,4)9-10-14-12-7-8-12/h11-12,14H,5-10H2,1-4H3. The van der Waals surface area contributed by atoms with E-state index in [4.69, 9.17) is 0 Å². The molecule has 0 spiro atoms. The molecule has 1 aliphatic carbocycles. The summed E-state index contributed by atoms with van der Waals surface area (Å²) in [6, 6.07) is 0.868. The summed E-state index contributed by atoms with van der Waals surface area (Å²) in [6.45, 7) is 10.7. The Morgan fingerprint density at radius 3 is 2.21 bits per heavy atom. The highest BCUT2D eigenvalue weighted by Gasteiger charge is 2.27. The average Bonchev–Trinajstić information content (AvgIpc) is 2.89. The Balaban J connectivity index is 2.22. The first-order valence-electron chi connectivity index (χ1n) is 6.33. The number of hydrogen-bond donors (Lipinski definition) is 1. The SMILES string of the molecule is CCC(CC)C(C)(C)CCNC1CC1. The van der Waals surface area contributed by atoms with Gasteiger partial charge in [0.1, 0.15) is 0 Å². The average molecular weight is 197 g/mol. The maximum Gasteiger partial charge on any atom is 0.00682 e. The van der Waals surface area contributed by atoms with Crippen molar-refractivity contribution in [2.45, 2.75) is 65.8 Å². The summed E-state index contributed by atoms with van der Waals surface area (Å²) in [7, 11) is 0. The van der Waals surface area contributed by atoms with Gasteiger partial charge >= 0.3 is 0 Å².